The summed E-state index contributed by atoms with van der Waals surface area (Å²) in [5.41, 5.74) is 0. The van der Waals surface area contributed by atoms with Crippen LogP contribution in [0.4, 0.5) is 0 Å². The van der Waals surface area contributed by atoms with Gasteiger partial charge >= 0.3 is 54.4 Å². The van der Waals surface area contributed by atoms with E-state index in [0.29, 0.717) is 4.86 Å². The van der Waals surface area contributed by atoms with Gasteiger partial charge in [0, 0.05) is 0 Å². The van der Waals surface area contributed by atoms with Gasteiger partial charge in [0.05, 0.1) is 0 Å². The zero-order valence-electron chi connectivity index (χ0n) is 3.77. The molecule has 0 saturated heterocycles. The van der Waals surface area contributed by atoms with Crippen LogP contribution in [-0.4, -0.2) is 35.9 Å². The SMILES string of the molecule is O=S(=[Se])=C1C=NN=C1. The van der Waals surface area contributed by atoms with Gasteiger partial charge in [0.25, 0.3) is 0 Å². The van der Waals surface area contributed by atoms with Gasteiger partial charge in [-0.3, -0.25) is 0 Å². The summed E-state index contributed by atoms with van der Waals surface area (Å²) in [4.78, 5) is 0.630. The zero-order chi connectivity index (χ0) is 5.98. The molecule has 8 heavy (non-hydrogen) atoms. The van der Waals surface area contributed by atoms with E-state index >= 15 is 0 Å². The van der Waals surface area contributed by atoms with E-state index in [2.05, 4.69) is 24.6 Å². The first kappa shape index (κ1) is 5.88. The number of nitrogens with zero attached hydrogens (tertiary/aromatic N) is 2. The summed E-state index contributed by atoms with van der Waals surface area (Å²) in [6, 6.07) is 0. The Kier molecular flexibility index (Phi) is 1.72. The molecule has 3 nitrogen and oxygen atoms in total. The Morgan fingerprint density at radius 2 is 2.00 bits per heavy atom. The van der Waals surface area contributed by atoms with Crippen molar-refractivity contribution in [2.24, 2.45) is 10.2 Å². The zero-order valence-corrected chi connectivity index (χ0v) is 6.30. The van der Waals surface area contributed by atoms with E-state index in [-0.39, 0.29) is 0 Å². The summed E-state index contributed by atoms with van der Waals surface area (Å²) in [6.45, 7) is 0. The van der Waals surface area contributed by atoms with E-state index in [1.165, 1.54) is 12.4 Å². The molecule has 0 fully saturated rings. The normalized spacial score (nSPS) is 15.2. The molecule has 0 saturated carbocycles. The molecule has 0 aromatic carbocycles. The van der Waals surface area contributed by atoms with Crippen LogP contribution in [0.2, 0.25) is 0 Å². The molecular formula is C3H2N2OSSe. The molecule has 0 amide bonds. The molecule has 1 rings (SSSR count). The minimum atomic E-state index is -1.05. The molecule has 0 aromatic rings. The van der Waals surface area contributed by atoms with E-state index < -0.39 is 8.31 Å². The Balaban J connectivity index is 3.29. The Labute approximate surface area is 54.8 Å². The second kappa shape index (κ2) is 2.35. The molecule has 0 atom stereocenters. The fourth-order valence-electron chi connectivity index (χ4n) is 0.300. The predicted octanol–water partition coefficient (Wildman–Crippen LogP) is -0.939. The fourth-order valence-corrected chi connectivity index (χ4v) is 1.11. The monoisotopic (exact) mass is 194 g/mol. The Morgan fingerprint density at radius 1 is 1.50 bits per heavy atom. The van der Waals surface area contributed by atoms with Gasteiger partial charge in [-0.2, -0.15) is 0 Å². The molecule has 1 heterocycles. The van der Waals surface area contributed by atoms with Gasteiger partial charge in [0.15, 0.2) is 0 Å². The average Bonchev–Trinajstić information content (AvgIpc) is 2.12. The topological polar surface area (TPSA) is 41.8 Å². The summed E-state index contributed by atoms with van der Waals surface area (Å²) in [6.07, 6.45) is 2.93. The molecule has 0 unspecified atom stereocenters. The Hall–Kier alpha value is -0.251. The molecular weight excluding hydrogens is 191 g/mol. The van der Waals surface area contributed by atoms with Gasteiger partial charge in [-0.15, -0.1) is 0 Å². The van der Waals surface area contributed by atoms with Crippen molar-refractivity contribution in [3.63, 3.8) is 0 Å². The van der Waals surface area contributed by atoms with Gasteiger partial charge in [-0.05, 0) is 0 Å². The maximum absolute atomic E-state index is 10.5. The van der Waals surface area contributed by atoms with E-state index in [9.17, 15) is 4.21 Å². The predicted molar refractivity (Wildman–Crippen MR) is 35.9 cm³/mol. The third kappa shape index (κ3) is 1.12. The van der Waals surface area contributed by atoms with Gasteiger partial charge in [0.2, 0.25) is 0 Å². The molecule has 0 N–H and O–H groups in total. The van der Waals surface area contributed by atoms with Crippen molar-refractivity contribution in [2.75, 3.05) is 0 Å². The van der Waals surface area contributed by atoms with Crippen molar-refractivity contribution >= 4 is 40.0 Å². The third-order valence-corrected chi connectivity index (χ3v) is 2.44. The van der Waals surface area contributed by atoms with Crippen LogP contribution in [-0.2, 0) is 8.31 Å². The molecule has 0 aliphatic carbocycles. The van der Waals surface area contributed by atoms with Gasteiger partial charge in [-0.25, -0.2) is 0 Å². The Morgan fingerprint density at radius 3 is 2.25 bits per heavy atom. The van der Waals surface area contributed by atoms with E-state index in [0.717, 1.165) is 0 Å². The van der Waals surface area contributed by atoms with Crippen LogP contribution in [0.1, 0.15) is 0 Å². The summed E-state index contributed by atoms with van der Waals surface area (Å²) in [5.74, 6) is 0. The molecule has 0 spiro atoms. The minimum absolute atomic E-state index is 0.630. The molecule has 1 aliphatic rings. The van der Waals surface area contributed by atoms with Crippen molar-refractivity contribution in [3.05, 3.63) is 0 Å². The molecule has 42 valence electrons. The summed E-state index contributed by atoms with van der Waals surface area (Å²) in [7, 11) is -1.05. The first-order valence-corrected chi connectivity index (χ1v) is 5.00. The van der Waals surface area contributed by atoms with Crippen LogP contribution in [0.15, 0.2) is 10.2 Å². The van der Waals surface area contributed by atoms with Crippen molar-refractivity contribution in [3.8, 4) is 0 Å². The van der Waals surface area contributed by atoms with Gasteiger partial charge in [-0.1, -0.05) is 0 Å². The molecule has 1 aliphatic heterocycles. The van der Waals surface area contributed by atoms with Crippen LogP contribution < -0.4 is 0 Å². The average molecular weight is 193 g/mol. The molecule has 5 heteroatoms. The summed E-state index contributed by atoms with van der Waals surface area (Å²) in [5, 5.41) is 6.96. The van der Waals surface area contributed by atoms with Crippen LogP contribution >= 0.6 is 0 Å². The second-order valence-corrected chi connectivity index (χ2v) is 3.97. The summed E-state index contributed by atoms with van der Waals surface area (Å²) >= 11 is 2.43. The second-order valence-electron chi connectivity index (χ2n) is 1.13. The molecule has 0 radical (unpaired) electrons. The first-order valence-electron chi connectivity index (χ1n) is 1.83. The summed E-state index contributed by atoms with van der Waals surface area (Å²) < 4.78 is 10.5. The fraction of sp³-hybridized carbons (Fsp3) is 0. The molecule has 0 aromatic heterocycles. The van der Waals surface area contributed by atoms with Crippen molar-refractivity contribution in [1.29, 1.82) is 0 Å². The third-order valence-electron chi connectivity index (χ3n) is 0.629. The van der Waals surface area contributed by atoms with Gasteiger partial charge in [0.1, 0.15) is 0 Å². The number of hydrogen-bond donors (Lipinski definition) is 0. The van der Waals surface area contributed by atoms with E-state index in [1.54, 1.807) is 0 Å². The standard InChI is InChI=1S/C3H2N2OSSe/c6-7(8)3-1-4-5-2-3/h1-2H. The Bertz CT molecular complexity index is 252. The van der Waals surface area contributed by atoms with E-state index in [1.807, 2.05) is 0 Å². The number of rotatable bonds is 0. The van der Waals surface area contributed by atoms with Crippen molar-refractivity contribution in [2.45, 2.75) is 0 Å². The quantitative estimate of drug-likeness (QED) is 0.361. The maximum atomic E-state index is 10.5. The number of hydrogen-bond acceptors (Lipinski definition) is 3. The van der Waals surface area contributed by atoms with Crippen LogP contribution in [0.3, 0.4) is 0 Å². The van der Waals surface area contributed by atoms with Gasteiger partial charge < -0.3 is 0 Å². The molecule has 0 bridgehead atoms. The van der Waals surface area contributed by atoms with Crippen LogP contribution in [0, 0.1) is 0 Å². The van der Waals surface area contributed by atoms with Crippen molar-refractivity contribution in [1.82, 2.24) is 0 Å². The van der Waals surface area contributed by atoms with Crippen LogP contribution in [0.5, 0.6) is 0 Å². The van der Waals surface area contributed by atoms with Crippen LogP contribution in [0.25, 0.3) is 0 Å². The van der Waals surface area contributed by atoms with E-state index in [4.69, 9.17) is 0 Å². The first-order chi connectivity index (χ1) is 3.80. The van der Waals surface area contributed by atoms with Crippen molar-refractivity contribution < 1.29 is 4.21 Å².